The molecule has 1 heterocycles. The summed E-state index contributed by atoms with van der Waals surface area (Å²) in [6.45, 7) is 0.141. The van der Waals surface area contributed by atoms with E-state index < -0.39 is 29.0 Å². The molecule has 0 spiro atoms. The van der Waals surface area contributed by atoms with E-state index in [9.17, 15) is 23.2 Å². The van der Waals surface area contributed by atoms with Gasteiger partial charge in [0, 0.05) is 6.20 Å². The zero-order valence-corrected chi connectivity index (χ0v) is 14.5. The molecule has 142 valence electrons. The summed E-state index contributed by atoms with van der Waals surface area (Å²) >= 11 is 0. The lowest BCUT2D eigenvalue weighted by Crippen LogP contribution is -2.44. The summed E-state index contributed by atoms with van der Waals surface area (Å²) in [5.74, 6) is -2.83. The maximum absolute atomic E-state index is 13.6. The van der Waals surface area contributed by atoms with Crippen molar-refractivity contribution in [3.8, 4) is 0 Å². The fourth-order valence-electron chi connectivity index (χ4n) is 2.51. The standard InChI is InChI=1S/C20H15F2N3O3/c21-14-9-7-13(8-10-14)12-25-11-3-5-16(20(25)28)19(27)24-23-18(26)15-4-1-2-6-17(15)22/h1-11H,12H2,(H,23,26)(H,24,27). The van der Waals surface area contributed by atoms with Crippen molar-refractivity contribution in [3.05, 3.63) is 106 Å². The molecule has 0 aliphatic rings. The Bertz CT molecular complexity index is 1080. The molecule has 0 bridgehead atoms. The van der Waals surface area contributed by atoms with Gasteiger partial charge in [-0.3, -0.25) is 25.2 Å². The number of hydrogen-bond donors (Lipinski definition) is 2. The number of carbonyl (C=O) groups is 2. The number of amides is 2. The number of hydrazine groups is 1. The molecule has 0 unspecified atom stereocenters. The Hall–Kier alpha value is -3.81. The molecule has 8 heteroatoms. The Morgan fingerprint density at radius 2 is 1.43 bits per heavy atom. The van der Waals surface area contributed by atoms with Crippen LogP contribution in [0.2, 0.25) is 0 Å². The minimum atomic E-state index is -0.853. The van der Waals surface area contributed by atoms with Crippen molar-refractivity contribution in [2.45, 2.75) is 6.54 Å². The van der Waals surface area contributed by atoms with Crippen LogP contribution in [-0.4, -0.2) is 16.4 Å². The third kappa shape index (κ3) is 4.29. The van der Waals surface area contributed by atoms with Gasteiger partial charge in [0.25, 0.3) is 17.4 Å². The molecule has 3 rings (SSSR count). The molecule has 2 aromatic carbocycles. The van der Waals surface area contributed by atoms with Crippen LogP contribution >= 0.6 is 0 Å². The molecule has 2 N–H and O–H groups in total. The maximum atomic E-state index is 13.6. The number of carbonyl (C=O) groups excluding carboxylic acids is 2. The van der Waals surface area contributed by atoms with E-state index in [1.807, 2.05) is 0 Å². The van der Waals surface area contributed by atoms with Crippen LogP contribution in [0.1, 0.15) is 26.3 Å². The molecular formula is C20H15F2N3O3. The third-order valence-electron chi connectivity index (χ3n) is 3.94. The first kappa shape index (κ1) is 19.0. The lowest BCUT2D eigenvalue weighted by atomic mass is 10.2. The Morgan fingerprint density at radius 3 is 2.11 bits per heavy atom. The molecule has 0 aliphatic heterocycles. The molecule has 2 amide bonds. The van der Waals surface area contributed by atoms with Crippen molar-refractivity contribution in [1.29, 1.82) is 0 Å². The Labute approximate surface area is 158 Å². The summed E-state index contributed by atoms with van der Waals surface area (Å²) in [4.78, 5) is 36.7. The zero-order chi connectivity index (χ0) is 20.1. The maximum Gasteiger partial charge on any atom is 0.275 e. The largest absolute Gasteiger partial charge is 0.310 e. The number of nitrogens with zero attached hydrogens (tertiary/aromatic N) is 1. The van der Waals surface area contributed by atoms with Crippen LogP contribution in [0.25, 0.3) is 0 Å². The summed E-state index contributed by atoms with van der Waals surface area (Å²) in [7, 11) is 0. The molecule has 0 fully saturated rings. The second-order valence-electron chi connectivity index (χ2n) is 5.87. The molecule has 0 aliphatic carbocycles. The van der Waals surface area contributed by atoms with Crippen molar-refractivity contribution >= 4 is 11.8 Å². The molecule has 0 saturated heterocycles. The number of rotatable bonds is 4. The summed E-state index contributed by atoms with van der Waals surface area (Å²) in [5.41, 5.74) is 3.79. The predicted octanol–water partition coefficient (Wildman–Crippen LogP) is 2.25. The van der Waals surface area contributed by atoms with E-state index in [-0.39, 0.29) is 17.7 Å². The minimum absolute atomic E-state index is 0.141. The SMILES string of the molecule is O=C(NNC(=O)c1cccn(Cc2ccc(F)cc2)c1=O)c1ccccc1F. The van der Waals surface area contributed by atoms with Gasteiger partial charge in [-0.1, -0.05) is 24.3 Å². The van der Waals surface area contributed by atoms with Gasteiger partial charge in [0.15, 0.2) is 0 Å². The van der Waals surface area contributed by atoms with Gasteiger partial charge >= 0.3 is 0 Å². The van der Waals surface area contributed by atoms with E-state index >= 15 is 0 Å². The first-order valence-corrected chi connectivity index (χ1v) is 8.25. The van der Waals surface area contributed by atoms with Crippen LogP contribution < -0.4 is 16.4 Å². The van der Waals surface area contributed by atoms with Crippen molar-refractivity contribution in [3.63, 3.8) is 0 Å². The average molecular weight is 383 g/mol. The summed E-state index contributed by atoms with van der Waals surface area (Å²) < 4.78 is 27.9. The summed E-state index contributed by atoms with van der Waals surface area (Å²) in [6, 6.07) is 13.7. The highest BCUT2D eigenvalue weighted by Crippen LogP contribution is 2.06. The van der Waals surface area contributed by atoms with Crippen molar-refractivity contribution in [1.82, 2.24) is 15.4 Å². The van der Waals surface area contributed by atoms with Crippen LogP contribution in [0.3, 0.4) is 0 Å². The first-order valence-electron chi connectivity index (χ1n) is 8.25. The van der Waals surface area contributed by atoms with Gasteiger partial charge in [0.1, 0.15) is 17.2 Å². The molecule has 0 radical (unpaired) electrons. The molecule has 3 aromatic rings. The number of benzene rings is 2. The number of pyridine rings is 1. The Kier molecular flexibility index (Phi) is 5.59. The van der Waals surface area contributed by atoms with E-state index in [1.165, 1.54) is 65.4 Å². The average Bonchev–Trinajstić information content (AvgIpc) is 2.69. The fraction of sp³-hybridized carbons (Fsp3) is 0.0500. The second kappa shape index (κ2) is 8.26. The van der Waals surface area contributed by atoms with Crippen LogP contribution in [0.15, 0.2) is 71.7 Å². The highest BCUT2D eigenvalue weighted by molar-refractivity contribution is 5.99. The Morgan fingerprint density at radius 1 is 0.821 bits per heavy atom. The van der Waals surface area contributed by atoms with Crippen molar-refractivity contribution in [2.24, 2.45) is 0 Å². The van der Waals surface area contributed by atoms with Crippen LogP contribution in [0.5, 0.6) is 0 Å². The predicted molar refractivity (Wildman–Crippen MR) is 97.5 cm³/mol. The van der Waals surface area contributed by atoms with Crippen LogP contribution in [0.4, 0.5) is 8.78 Å². The normalized spacial score (nSPS) is 10.4. The van der Waals surface area contributed by atoms with Crippen molar-refractivity contribution in [2.75, 3.05) is 0 Å². The highest BCUT2D eigenvalue weighted by Gasteiger charge is 2.15. The van der Waals surface area contributed by atoms with Gasteiger partial charge in [0.05, 0.1) is 12.1 Å². The first-order chi connectivity index (χ1) is 13.5. The lowest BCUT2D eigenvalue weighted by molar-refractivity contribution is 0.0843. The monoisotopic (exact) mass is 383 g/mol. The van der Waals surface area contributed by atoms with Gasteiger partial charge in [0.2, 0.25) is 0 Å². The molecule has 1 aromatic heterocycles. The van der Waals surface area contributed by atoms with E-state index in [4.69, 9.17) is 0 Å². The second-order valence-corrected chi connectivity index (χ2v) is 5.87. The van der Waals surface area contributed by atoms with Crippen molar-refractivity contribution < 1.29 is 18.4 Å². The van der Waals surface area contributed by atoms with Gasteiger partial charge in [-0.2, -0.15) is 0 Å². The summed E-state index contributed by atoms with van der Waals surface area (Å²) in [5, 5.41) is 0. The van der Waals surface area contributed by atoms with E-state index in [0.29, 0.717) is 5.56 Å². The lowest BCUT2D eigenvalue weighted by Gasteiger charge is -2.10. The van der Waals surface area contributed by atoms with Gasteiger partial charge in [-0.25, -0.2) is 8.78 Å². The quantitative estimate of drug-likeness (QED) is 0.678. The smallest absolute Gasteiger partial charge is 0.275 e. The topological polar surface area (TPSA) is 80.2 Å². The van der Waals surface area contributed by atoms with Crippen LogP contribution in [-0.2, 0) is 6.54 Å². The molecule has 6 nitrogen and oxygen atoms in total. The molecular weight excluding hydrogens is 368 g/mol. The number of nitrogens with one attached hydrogen (secondary N) is 2. The van der Waals surface area contributed by atoms with E-state index in [0.717, 1.165) is 6.07 Å². The van der Waals surface area contributed by atoms with Gasteiger partial charge in [-0.15, -0.1) is 0 Å². The van der Waals surface area contributed by atoms with E-state index in [2.05, 4.69) is 10.9 Å². The number of halogens is 2. The highest BCUT2D eigenvalue weighted by atomic mass is 19.1. The third-order valence-corrected chi connectivity index (χ3v) is 3.94. The van der Waals surface area contributed by atoms with Crippen LogP contribution in [0, 0.1) is 11.6 Å². The fourth-order valence-corrected chi connectivity index (χ4v) is 2.51. The molecule has 28 heavy (non-hydrogen) atoms. The molecule has 0 atom stereocenters. The molecule has 0 saturated carbocycles. The number of hydrogen-bond acceptors (Lipinski definition) is 3. The number of aromatic nitrogens is 1. The van der Waals surface area contributed by atoms with Gasteiger partial charge in [-0.05, 0) is 42.0 Å². The minimum Gasteiger partial charge on any atom is -0.310 e. The van der Waals surface area contributed by atoms with Gasteiger partial charge < -0.3 is 4.57 Å². The summed E-state index contributed by atoms with van der Waals surface area (Å²) in [6.07, 6.45) is 1.49. The Balaban J connectivity index is 1.72. The zero-order valence-electron chi connectivity index (χ0n) is 14.5. The van der Waals surface area contributed by atoms with E-state index in [1.54, 1.807) is 0 Å².